The van der Waals surface area contributed by atoms with E-state index in [-0.39, 0.29) is 24.7 Å². The van der Waals surface area contributed by atoms with Gasteiger partial charge in [-0.15, -0.1) is 0 Å². The zero-order valence-corrected chi connectivity index (χ0v) is 14.9. The predicted octanol–water partition coefficient (Wildman–Crippen LogP) is 2.65. The second-order valence-electron chi connectivity index (χ2n) is 6.80. The molecule has 0 heterocycles. The zero-order chi connectivity index (χ0) is 18.2. The van der Waals surface area contributed by atoms with Crippen LogP contribution in [0.1, 0.15) is 48.0 Å². The molecule has 0 aliphatic carbocycles. The lowest BCUT2D eigenvalue weighted by molar-refractivity contribution is -0.171. The van der Waals surface area contributed by atoms with Crippen LogP contribution in [0, 0.1) is 11.8 Å². The van der Waals surface area contributed by atoms with Crippen molar-refractivity contribution in [2.75, 3.05) is 13.2 Å². The molecule has 23 heavy (non-hydrogen) atoms. The van der Waals surface area contributed by atoms with Crippen molar-refractivity contribution in [1.82, 2.24) is 0 Å². The highest BCUT2D eigenvalue weighted by atomic mass is 16.6. The maximum Gasteiger partial charge on any atom is 0.333 e. The smallest absolute Gasteiger partial charge is 0.333 e. The van der Waals surface area contributed by atoms with Crippen molar-refractivity contribution in [2.24, 2.45) is 11.8 Å². The van der Waals surface area contributed by atoms with Crippen LogP contribution < -0.4 is 0 Å². The number of hydrogen-bond donors (Lipinski definition) is 0. The Labute approximate surface area is 138 Å². The van der Waals surface area contributed by atoms with Gasteiger partial charge in [-0.25, -0.2) is 4.79 Å². The molecule has 0 spiro atoms. The number of carbonyl (C=O) groups is 3. The number of carbonyl (C=O) groups excluding carboxylic acids is 3. The Hall–Kier alpha value is -1.85. The van der Waals surface area contributed by atoms with Gasteiger partial charge in [0.1, 0.15) is 18.8 Å². The van der Waals surface area contributed by atoms with Crippen molar-refractivity contribution in [3.8, 4) is 0 Å². The third-order valence-corrected chi connectivity index (χ3v) is 2.59. The summed E-state index contributed by atoms with van der Waals surface area (Å²) in [6.45, 7) is 13.8. The fraction of sp³-hybridized carbons (Fsp3) is 0.706. The Morgan fingerprint density at radius 2 is 1.52 bits per heavy atom. The molecule has 6 nitrogen and oxygen atoms in total. The van der Waals surface area contributed by atoms with Crippen molar-refractivity contribution in [3.05, 3.63) is 12.2 Å². The Balaban J connectivity index is 4.55. The molecule has 0 fully saturated rings. The van der Waals surface area contributed by atoms with Crippen LogP contribution in [0.2, 0.25) is 0 Å². The molecule has 0 aromatic rings. The molecule has 1 atom stereocenters. The van der Waals surface area contributed by atoms with Crippen LogP contribution in [0.25, 0.3) is 0 Å². The van der Waals surface area contributed by atoms with E-state index in [1.165, 1.54) is 6.92 Å². The maximum atomic E-state index is 12.1. The number of esters is 3. The lowest BCUT2D eigenvalue weighted by Crippen LogP contribution is -2.35. The summed E-state index contributed by atoms with van der Waals surface area (Å²) in [6.07, 6.45) is 0.333. The van der Waals surface area contributed by atoms with E-state index in [4.69, 9.17) is 14.2 Å². The minimum atomic E-state index is -0.980. The SMILES string of the molecule is C=C(C)C(=O)OCCOC(=O)C(CC(C)C)C(=O)OC(C)(C)C. The molecule has 0 aromatic carbocycles. The highest BCUT2D eigenvalue weighted by molar-refractivity contribution is 5.95. The van der Waals surface area contributed by atoms with E-state index in [0.29, 0.717) is 6.42 Å². The zero-order valence-electron chi connectivity index (χ0n) is 14.9. The fourth-order valence-corrected chi connectivity index (χ4v) is 1.63. The predicted molar refractivity (Wildman–Crippen MR) is 85.5 cm³/mol. The molecule has 1 unspecified atom stereocenters. The number of hydrogen-bond acceptors (Lipinski definition) is 6. The molecular weight excluding hydrogens is 300 g/mol. The van der Waals surface area contributed by atoms with Crippen LogP contribution in [0.15, 0.2) is 12.2 Å². The van der Waals surface area contributed by atoms with Gasteiger partial charge in [0.25, 0.3) is 0 Å². The lowest BCUT2D eigenvalue weighted by Gasteiger charge is -2.24. The first kappa shape index (κ1) is 21.1. The van der Waals surface area contributed by atoms with Crippen LogP contribution in [0.3, 0.4) is 0 Å². The molecular formula is C17H28O6. The van der Waals surface area contributed by atoms with E-state index in [9.17, 15) is 14.4 Å². The van der Waals surface area contributed by atoms with Gasteiger partial charge >= 0.3 is 17.9 Å². The van der Waals surface area contributed by atoms with Crippen molar-refractivity contribution in [1.29, 1.82) is 0 Å². The summed E-state index contributed by atoms with van der Waals surface area (Å²) in [5.74, 6) is -2.67. The molecule has 0 rings (SSSR count). The van der Waals surface area contributed by atoms with Crippen LogP contribution in [-0.2, 0) is 28.6 Å². The molecule has 0 aromatic heterocycles. The van der Waals surface area contributed by atoms with Crippen LogP contribution >= 0.6 is 0 Å². The molecule has 0 saturated heterocycles. The van der Waals surface area contributed by atoms with Gasteiger partial charge < -0.3 is 14.2 Å². The van der Waals surface area contributed by atoms with Crippen molar-refractivity contribution in [3.63, 3.8) is 0 Å². The lowest BCUT2D eigenvalue weighted by atomic mass is 9.97. The molecule has 0 aliphatic rings. The average Bonchev–Trinajstić information content (AvgIpc) is 2.37. The third kappa shape index (κ3) is 9.71. The van der Waals surface area contributed by atoms with Gasteiger partial charge in [-0.3, -0.25) is 9.59 Å². The Kier molecular flexibility index (Phi) is 8.58. The van der Waals surface area contributed by atoms with Gasteiger partial charge in [-0.1, -0.05) is 20.4 Å². The molecule has 0 aliphatic heterocycles. The van der Waals surface area contributed by atoms with Gasteiger partial charge in [0.2, 0.25) is 0 Å². The summed E-state index contributed by atoms with van der Waals surface area (Å²) < 4.78 is 15.1. The summed E-state index contributed by atoms with van der Waals surface area (Å²) in [4.78, 5) is 35.4. The first-order chi connectivity index (χ1) is 10.4. The molecule has 0 amide bonds. The second-order valence-corrected chi connectivity index (χ2v) is 6.80. The van der Waals surface area contributed by atoms with Crippen molar-refractivity contribution < 1.29 is 28.6 Å². The number of rotatable bonds is 8. The van der Waals surface area contributed by atoms with Crippen molar-refractivity contribution >= 4 is 17.9 Å². The normalized spacial score (nSPS) is 12.5. The third-order valence-electron chi connectivity index (χ3n) is 2.59. The quantitative estimate of drug-likeness (QED) is 0.224. The summed E-state index contributed by atoms with van der Waals surface area (Å²) in [7, 11) is 0. The van der Waals surface area contributed by atoms with Crippen LogP contribution in [0.5, 0.6) is 0 Å². The van der Waals surface area contributed by atoms with Gasteiger partial charge in [-0.2, -0.15) is 0 Å². The van der Waals surface area contributed by atoms with Gasteiger partial charge in [-0.05, 0) is 40.0 Å². The summed E-state index contributed by atoms with van der Waals surface area (Å²) in [6, 6.07) is 0. The van der Waals surface area contributed by atoms with Crippen LogP contribution in [0.4, 0.5) is 0 Å². The molecule has 0 N–H and O–H groups in total. The molecule has 0 radical (unpaired) electrons. The maximum absolute atomic E-state index is 12.1. The van der Waals surface area contributed by atoms with Crippen LogP contribution in [-0.4, -0.2) is 36.7 Å². The molecule has 0 saturated carbocycles. The van der Waals surface area contributed by atoms with Gasteiger partial charge in [0.15, 0.2) is 5.92 Å². The van der Waals surface area contributed by atoms with E-state index >= 15 is 0 Å². The average molecular weight is 328 g/mol. The summed E-state index contributed by atoms with van der Waals surface area (Å²) in [5.41, 5.74) is -0.411. The van der Waals surface area contributed by atoms with Crippen molar-refractivity contribution in [2.45, 2.75) is 53.6 Å². The van der Waals surface area contributed by atoms with E-state index < -0.39 is 29.4 Å². The molecule has 6 heteroatoms. The number of ether oxygens (including phenoxy) is 3. The topological polar surface area (TPSA) is 78.9 Å². The standard InChI is InChI=1S/C17H28O6/c1-11(2)10-13(16(20)23-17(5,6)7)15(19)22-9-8-21-14(18)12(3)4/h11,13H,3,8-10H2,1-2,4-7H3. The minimum Gasteiger partial charge on any atom is -0.461 e. The Morgan fingerprint density at radius 3 is 1.96 bits per heavy atom. The Morgan fingerprint density at radius 1 is 1.00 bits per heavy atom. The largest absolute Gasteiger partial charge is 0.461 e. The van der Waals surface area contributed by atoms with E-state index in [0.717, 1.165) is 0 Å². The molecule has 132 valence electrons. The second kappa shape index (κ2) is 9.33. The molecule has 0 bridgehead atoms. The Bertz CT molecular complexity index is 444. The summed E-state index contributed by atoms with van der Waals surface area (Å²) >= 11 is 0. The van der Waals surface area contributed by atoms with Gasteiger partial charge in [0, 0.05) is 5.57 Å². The fourth-order valence-electron chi connectivity index (χ4n) is 1.63. The first-order valence-corrected chi connectivity index (χ1v) is 7.66. The highest BCUT2D eigenvalue weighted by Crippen LogP contribution is 2.19. The summed E-state index contributed by atoms with van der Waals surface area (Å²) in [5, 5.41) is 0. The van der Waals surface area contributed by atoms with Gasteiger partial charge in [0.05, 0.1) is 0 Å². The van der Waals surface area contributed by atoms with E-state index in [1.807, 2.05) is 13.8 Å². The first-order valence-electron chi connectivity index (χ1n) is 7.66. The minimum absolute atomic E-state index is 0.0832. The highest BCUT2D eigenvalue weighted by Gasteiger charge is 2.33. The van der Waals surface area contributed by atoms with E-state index in [1.54, 1.807) is 20.8 Å². The monoisotopic (exact) mass is 328 g/mol. The van der Waals surface area contributed by atoms with E-state index in [2.05, 4.69) is 6.58 Å².